The zero-order valence-corrected chi connectivity index (χ0v) is 12.4. The number of hydrogen-bond acceptors (Lipinski definition) is 1. The Hall–Kier alpha value is -2.09. The SMILES string of the molecule is CCN=C1c2ccccc2CN1c1c(C)cccc1C. The molecule has 0 saturated heterocycles. The fraction of sp³-hybridized carbons (Fsp3) is 0.278. The lowest BCUT2D eigenvalue weighted by Crippen LogP contribution is -2.26. The molecular formula is C18H20N2. The van der Waals surface area contributed by atoms with Crippen molar-refractivity contribution in [2.24, 2.45) is 4.99 Å². The molecule has 0 fully saturated rings. The molecule has 0 bridgehead atoms. The maximum absolute atomic E-state index is 4.75. The summed E-state index contributed by atoms with van der Waals surface area (Å²) in [6.45, 7) is 8.17. The van der Waals surface area contributed by atoms with E-state index < -0.39 is 0 Å². The lowest BCUT2D eigenvalue weighted by molar-refractivity contribution is 1.02. The highest BCUT2D eigenvalue weighted by molar-refractivity contribution is 6.14. The van der Waals surface area contributed by atoms with Crippen LogP contribution in [0.25, 0.3) is 0 Å². The Balaban J connectivity index is 2.14. The lowest BCUT2D eigenvalue weighted by Gasteiger charge is -2.23. The molecule has 0 radical (unpaired) electrons. The van der Waals surface area contributed by atoms with Crippen LogP contribution in [0.1, 0.15) is 29.2 Å². The first-order valence-corrected chi connectivity index (χ1v) is 7.19. The molecule has 2 aromatic carbocycles. The third-order valence-electron chi connectivity index (χ3n) is 3.86. The maximum atomic E-state index is 4.75. The Morgan fingerprint density at radius 1 is 1.00 bits per heavy atom. The molecule has 102 valence electrons. The minimum atomic E-state index is 0.811. The Bertz CT molecular complexity index is 651. The van der Waals surface area contributed by atoms with Gasteiger partial charge in [-0.2, -0.15) is 0 Å². The van der Waals surface area contributed by atoms with Crippen molar-refractivity contribution < 1.29 is 0 Å². The Morgan fingerprint density at radius 2 is 1.70 bits per heavy atom. The molecule has 0 aliphatic carbocycles. The van der Waals surface area contributed by atoms with Gasteiger partial charge in [-0.3, -0.25) is 4.99 Å². The topological polar surface area (TPSA) is 15.6 Å². The molecule has 0 atom stereocenters. The summed E-state index contributed by atoms with van der Waals surface area (Å²) in [6, 6.07) is 15.1. The van der Waals surface area contributed by atoms with Crippen molar-refractivity contribution in [2.45, 2.75) is 27.3 Å². The first-order valence-electron chi connectivity index (χ1n) is 7.19. The van der Waals surface area contributed by atoms with Crippen molar-refractivity contribution in [3.05, 3.63) is 64.7 Å². The average molecular weight is 264 g/mol. The molecule has 2 aromatic rings. The number of hydrogen-bond donors (Lipinski definition) is 0. The normalized spacial score (nSPS) is 15.8. The molecule has 0 spiro atoms. The highest BCUT2D eigenvalue weighted by atomic mass is 15.2. The van der Waals surface area contributed by atoms with Gasteiger partial charge in [-0.05, 0) is 37.5 Å². The van der Waals surface area contributed by atoms with E-state index >= 15 is 0 Å². The number of rotatable bonds is 2. The van der Waals surface area contributed by atoms with E-state index in [1.54, 1.807) is 0 Å². The molecule has 0 amide bonds. The molecule has 1 heterocycles. The van der Waals surface area contributed by atoms with Gasteiger partial charge in [0.15, 0.2) is 0 Å². The Kier molecular flexibility index (Phi) is 3.31. The van der Waals surface area contributed by atoms with E-state index in [1.165, 1.54) is 27.9 Å². The van der Waals surface area contributed by atoms with Crippen LogP contribution in [0.5, 0.6) is 0 Å². The highest BCUT2D eigenvalue weighted by Gasteiger charge is 2.27. The number of anilines is 1. The van der Waals surface area contributed by atoms with Gasteiger partial charge in [0.25, 0.3) is 0 Å². The molecule has 0 aromatic heterocycles. The molecule has 2 nitrogen and oxygen atoms in total. The number of aliphatic imine (C=N–C) groups is 1. The number of para-hydroxylation sites is 1. The molecule has 0 N–H and O–H groups in total. The van der Waals surface area contributed by atoms with Crippen molar-refractivity contribution in [3.8, 4) is 0 Å². The van der Waals surface area contributed by atoms with E-state index in [2.05, 4.69) is 68.1 Å². The lowest BCUT2D eigenvalue weighted by atomic mass is 10.1. The molecule has 20 heavy (non-hydrogen) atoms. The van der Waals surface area contributed by atoms with Gasteiger partial charge in [-0.15, -0.1) is 0 Å². The first kappa shape index (κ1) is 12.9. The summed E-state index contributed by atoms with van der Waals surface area (Å²) in [5.74, 6) is 1.11. The van der Waals surface area contributed by atoms with Gasteiger partial charge in [-0.25, -0.2) is 0 Å². The van der Waals surface area contributed by atoms with Crippen LogP contribution in [-0.2, 0) is 6.54 Å². The van der Waals surface area contributed by atoms with Gasteiger partial charge >= 0.3 is 0 Å². The molecule has 0 saturated carbocycles. The maximum Gasteiger partial charge on any atom is 0.136 e. The zero-order chi connectivity index (χ0) is 14.1. The van der Waals surface area contributed by atoms with Crippen LogP contribution in [0.3, 0.4) is 0 Å². The molecule has 3 rings (SSSR count). The highest BCUT2D eigenvalue weighted by Crippen LogP contribution is 2.33. The van der Waals surface area contributed by atoms with Crippen LogP contribution < -0.4 is 4.90 Å². The first-order chi connectivity index (χ1) is 9.72. The van der Waals surface area contributed by atoms with Gasteiger partial charge < -0.3 is 4.90 Å². The fourth-order valence-electron chi connectivity index (χ4n) is 3.00. The predicted octanol–water partition coefficient (Wildman–Crippen LogP) is 4.09. The Morgan fingerprint density at radius 3 is 2.40 bits per heavy atom. The molecule has 0 unspecified atom stereocenters. The summed E-state index contributed by atoms with van der Waals surface area (Å²) in [4.78, 5) is 7.11. The minimum absolute atomic E-state index is 0.811. The van der Waals surface area contributed by atoms with Gasteiger partial charge in [0.05, 0.1) is 6.54 Å². The zero-order valence-electron chi connectivity index (χ0n) is 12.4. The monoisotopic (exact) mass is 264 g/mol. The van der Waals surface area contributed by atoms with Crippen LogP contribution in [0.2, 0.25) is 0 Å². The van der Waals surface area contributed by atoms with Gasteiger partial charge in [0.1, 0.15) is 5.84 Å². The smallest absolute Gasteiger partial charge is 0.136 e. The quantitative estimate of drug-likeness (QED) is 0.797. The van der Waals surface area contributed by atoms with Gasteiger partial charge in [0, 0.05) is 17.8 Å². The van der Waals surface area contributed by atoms with Crippen LogP contribution in [-0.4, -0.2) is 12.4 Å². The van der Waals surface area contributed by atoms with E-state index in [0.717, 1.165) is 18.9 Å². The minimum Gasteiger partial charge on any atom is -0.321 e. The largest absolute Gasteiger partial charge is 0.321 e. The summed E-state index contributed by atoms with van der Waals surface area (Å²) in [6.07, 6.45) is 0. The third kappa shape index (κ3) is 2.01. The summed E-state index contributed by atoms with van der Waals surface area (Å²) in [5.41, 5.74) is 6.55. The van der Waals surface area contributed by atoms with E-state index in [9.17, 15) is 0 Å². The van der Waals surface area contributed by atoms with Gasteiger partial charge in [-0.1, -0.05) is 42.5 Å². The molecular weight excluding hydrogens is 244 g/mol. The molecule has 1 aliphatic heterocycles. The predicted molar refractivity (Wildman–Crippen MR) is 85.6 cm³/mol. The molecule has 1 aliphatic rings. The van der Waals surface area contributed by atoms with Crippen molar-refractivity contribution in [3.63, 3.8) is 0 Å². The standard InChI is InChI=1S/C18H20N2/c1-4-19-18-16-11-6-5-10-15(16)12-20(18)17-13(2)8-7-9-14(17)3/h5-11H,4,12H2,1-3H3. The van der Waals surface area contributed by atoms with Gasteiger partial charge in [0.2, 0.25) is 0 Å². The van der Waals surface area contributed by atoms with E-state index in [4.69, 9.17) is 4.99 Å². The number of nitrogens with zero attached hydrogens (tertiary/aromatic N) is 2. The van der Waals surface area contributed by atoms with Crippen molar-refractivity contribution in [1.29, 1.82) is 0 Å². The van der Waals surface area contributed by atoms with E-state index in [-0.39, 0.29) is 0 Å². The third-order valence-corrected chi connectivity index (χ3v) is 3.86. The average Bonchev–Trinajstić information content (AvgIpc) is 2.78. The Labute approximate surface area is 120 Å². The fourth-order valence-corrected chi connectivity index (χ4v) is 3.00. The summed E-state index contributed by atoms with van der Waals surface area (Å²) in [5, 5.41) is 0. The van der Waals surface area contributed by atoms with Crippen LogP contribution in [0.15, 0.2) is 47.5 Å². The summed E-state index contributed by atoms with van der Waals surface area (Å²) >= 11 is 0. The summed E-state index contributed by atoms with van der Waals surface area (Å²) < 4.78 is 0. The number of fused-ring (bicyclic) bond motifs is 1. The van der Waals surface area contributed by atoms with Crippen LogP contribution in [0.4, 0.5) is 5.69 Å². The van der Waals surface area contributed by atoms with E-state index in [0.29, 0.717) is 0 Å². The van der Waals surface area contributed by atoms with Crippen molar-refractivity contribution in [2.75, 3.05) is 11.4 Å². The number of benzene rings is 2. The summed E-state index contributed by atoms with van der Waals surface area (Å²) in [7, 11) is 0. The van der Waals surface area contributed by atoms with Crippen LogP contribution in [0, 0.1) is 13.8 Å². The number of amidine groups is 1. The number of aryl methyl sites for hydroxylation is 2. The second kappa shape index (κ2) is 5.12. The second-order valence-corrected chi connectivity index (χ2v) is 5.28. The van der Waals surface area contributed by atoms with Crippen molar-refractivity contribution >= 4 is 11.5 Å². The van der Waals surface area contributed by atoms with Crippen molar-refractivity contribution in [1.82, 2.24) is 0 Å². The molecule has 2 heteroatoms. The van der Waals surface area contributed by atoms with E-state index in [1.807, 2.05) is 0 Å². The van der Waals surface area contributed by atoms with Crippen LogP contribution >= 0.6 is 0 Å². The second-order valence-electron chi connectivity index (χ2n) is 5.28.